The van der Waals surface area contributed by atoms with Gasteiger partial charge in [0.1, 0.15) is 5.03 Å². The topological polar surface area (TPSA) is 37.4 Å². The second-order valence-electron chi connectivity index (χ2n) is 5.98. The average molecular weight is 380 g/mol. The molecule has 0 spiro atoms. The third kappa shape index (κ3) is 3.01. The first-order valence-electron chi connectivity index (χ1n) is 7.64. The van der Waals surface area contributed by atoms with Gasteiger partial charge >= 0.3 is 6.18 Å². The molecule has 0 aromatic heterocycles. The third-order valence-electron chi connectivity index (χ3n) is 4.25. The molecule has 2 aromatic carbocycles. The number of carbonyl (C=O) groups is 2. The Labute approximate surface area is 152 Å². The van der Waals surface area contributed by atoms with Crippen LogP contribution < -0.4 is 4.90 Å². The van der Waals surface area contributed by atoms with Gasteiger partial charge in [-0.1, -0.05) is 35.9 Å². The maximum atomic E-state index is 12.9. The van der Waals surface area contributed by atoms with Crippen molar-refractivity contribution in [2.45, 2.75) is 20.0 Å². The van der Waals surface area contributed by atoms with Crippen molar-refractivity contribution in [3.05, 3.63) is 69.8 Å². The minimum absolute atomic E-state index is 0.0165. The molecule has 2 aromatic rings. The fourth-order valence-electron chi connectivity index (χ4n) is 2.71. The Kier molecular flexibility index (Phi) is 4.40. The lowest BCUT2D eigenvalue weighted by molar-refractivity contribution is -0.137. The fraction of sp³-hybridized carbons (Fsp3) is 0.158. The number of carbonyl (C=O) groups excluding carboxylic acids is 2. The molecule has 1 heterocycles. The van der Waals surface area contributed by atoms with Gasteiger partial charge < -0.3 is 0 Å². The standard InChI is InChI=1S/C19H13ClF3NO2/c1-10-6-7-12(8-11(10)2)15-16(20)18(26)24(17(15)25)14-5-3-4-13(9-14)19(21,22)23/h3-9H,1-2H3. The molecule has 2 amide bonds. The minimum Gasteiger partial charge on any atom is -0.268 e. The Balaban J connectivity index is 2.05. The van der Waals surface area contributed by atoms with Crippen molar-refractivity contribution in [1.82, 2.24) is 0 Å². The van der Waals surface area contributed by atoms with E-state index in [0.29, 0.717) is 10.5 Å². The van der Waals surface area contributed by atoms with Crippen molar-refractivity contribution < 1.29 is 22.8 Å². The zero-order chi connectivity index (χ0) is 19.2. The second-order valence-corrected chi connectivity index (χ2v) is 6.36. The van der Waals surface area contributed by atoms with Crippen LogP contribution in [-0.2, 0) is 15.8 Å². The number of aryl methyl sites for hydroxylation is 2. The minimum atomic E-state index is -4.59. The highest BCUT2D eigenvalue weighted by Gasteiger charge is 2.40. The van der Waals surface area contributed by atoms with Crippen LogP contribution in [0.15, 0.2) is 47.5 Å². The summed E-state index contributed by atoms with van der Waals surface area (Å²) in [6.45, 7) is 3.74. The lowest BCUT2D eigenvalue weighted by atomic mass is 10.0. The maximum Gasteiger partial charge on any atom is 0.416 e. The molecule has 0 aliphatic carbocycles. The van der Waals surface area contributed by atoms with E-state index in [1.165, 1.54) is 6.07 Å². The van der Waals surface area contributed by atoms with Gasteiger partial charge in [0, 0.05) is 0 Å². The number of anilines is 1. The van der Waals surface area contributed by atoms with Crippen molar-refractivity contribution in [3.8, 4) is 0 Å². The van der Waals surface area contributed by atoms with Gasteiger partial charge in [0.25, 0.3) is 11.8 Å². The summed E-state index contributed by atoms with van der Waals surface area (Å²) < 4.78 is 38.8. The first kappa shape index (κ1) is 18.2. The van der Waals surface area contributed by atoms with Crippen LogP contribution in [0.3, 0.4) is 0 Å². The molecule has 3 rings (SSSR count). The summed E-state index contributed by atoms with van der Waals surface area (Å²) in [7, 11) is 0. The summed E-state index contributed by atoms with van der Waals surface area (Å²) in [6, 6.07) is 9.18. The number of alkyl halides is 3. The molecule has 0 saturated heterocycles. The molecule has 0 fully saturated rings. The quantitative estimate of drug-likeness (QED) is 0.700. The van der Waals surface area contributed by atoms with Gasteiger partial charge in [-0.15, -0.1) is 0 Å². The summed E-state index contributed by atoms with van der Waals surface area (Å²) in [4.78, 5) is 25.9. The molecule has 0 radical (unpaired) electrons. The number of hydrogen-bond acceptors (Lipinski definition) is 2. The average Bonchev–Trinajstić information content (AvgIpc) is 2.79. The van der Waals surface area contributed by atoms with Gasteiger partial charge in [0.2, 0.25) is 0 Å². The normalized spacial score (nSPS) is 15.2. The van der Waals surface area contributed by atoms with E-state index >= 15 is 0 Å². The van der Waals surface area contributed by atoms with Gasteiger partial charge in [0.15, 0.2) is 0 Å². The molecule has 0 unspecified atom stereocenters. The van der Waals surface area contributed by atoms with Crippen molar-refractivity contribution in [2.75, 3.05) is 4.90 Å². The van der Waals surface area contributed by atoms with E-state index in [1.807, 2.05) is 13.8 Å². The predicted octanol–water partition coefficient (Wildman–Crippen LogP) is 4.85. The third-order valence-corrected chi connectivity index (χ3v) is 4.61. The Bertz CT molecular complexity index is 963. The van der Waals surface area contributed by atoms with E-state index in [4.69, 9.17) is 11.6 Å². The van der Waals surface area contributed by atoms with E-state index in [0.717, 1.165) is 29.3 Å². The van der Waals surface area contributed by atoms with Crippen LogP contribution in [0.2, 0.25) is 0 Å². The van der Waals surface area contributed by atoms with Crippen LogP contribution in [0, 0.1) is 13.8 Å². The molecular formula is C19H13ClF3NO2. The van der Waals surface area contributed by atoms with Gasteiger partial charge in [-0.2, -0.15) is 13.2 Å². The Hall–Kier alpha value is -2.60. The highest BCUT2D eigenvalue weighted by atomic mass is 35.5. The number of amides is 2. The maximum absolute atomic E-state index is 12.9. The van der Waals surface area contributed by atoms with Crippen LogP contribution in [0.4, 0.5) is 18.9 Å². The van der Waals surface area contributed by atoms with Crippen molar-refractivity contribution in [2.24, 2.45) is 0 Å². The predicted molar refractivity (Wildman–Crippen MR) is 92.6 cm³/mol. The Morgan fingerprint density at radius 3 is 2.23 bits per heavy atom. The van der Waals surface area contributed by atoms with E-state index in [1.54, 1.807) is 18.2 Å². The van der Waals surface area contributed by atoms with Crippen molar-refractivity contribution >= 4 is 34.7 Å². The molecule has 7 heteroatoms. The molecular weight excluding hydrogens is 367 g/mol. The molecule has 0 saturated carbocycles. The SMILES string of the molecule is Cc1ccc(C2=C(Cl)C(=O)N(c3cccc(C(F)(F)F)c3)C2=O)cc1C. The van der Waals surface area contributed by atoms with Gasteiger partial charge in [-0.05, 0) is 48.7 Å². The Morgan fingerprint density at radius 2 is 1.62 bits per heavy atom. The molecule has 134 valence electrons. The van der Waals surface area contributed by atoms with Gasteiger partial charge in [-0.25, -0.2) is 4.90 Å². The highest BCUT2D eigenvalue weighted by Crippen LogP contribution is 2.37. The van der Waals surface area contributed by atoms with Crippen LogP contribution in [-0.4, -0.2) is 11.8 Å². The molecule has 0 atom stereocenters. The zero-order valence-corrected chi connectivity index (χ0v) is 14.6. The summed E-state index contributed by atoms with van der Waals surface area (Å²) in [5.41, 5.74) is 1.20. The largest absolute Gasteiger partial charge is 0.416 e. The molecule has 0 bridgehead atoms. The van der Waals surface area contributed by atoms with Crippen LogP contribution in [0.1, 0.15) is 22.3 Å². The molecule has 1 aliphatic rings. The molecule has 0 N–H and O–H groups in total. The first-order valence-corrected chi connectivity index (χ1v) is 8.02. The lowest BCUT2D eigenvalue weighted by Crippen LogP contribution is -2.31. The summed E-state index contributed by atoms with van der Waals surface area (Å²) in [5, 5.41) is -0.310. The van der Waals surface area contributed by atoms with Crippen molar-refractivity contribution in [3.63, 3.8) is 0 Å². The van der Waals surface area contributed by atoms with Crippen LogP contribution >= 0.6 is 11.6 Å². The number of benzene rings is 2. The summed E-state index contributed by atoms with van der Waals surface area (Å²) in [5.74, 6) is -1.59. The number of imide groups is 1. The summed E-state index contributed by atoms with van der Waals surface area (Å²) in [6.07, 6.45) is -4.59. The van der Waals surface area contributed by atoms with Crippen molar-refractivity contribution in [1.29, 1.82) is 0 Å². The number of halogens is 4. The van der Waals surface area contributed by atoms with E-state index in [-0.39, 0.29) is 16.3 Å². The summed E-state index contributed by atoms with van der Waals surface area (Å²) >= 11 is 6.07. The highest BCUT2D eigenvalue weighted by molar-refractivity contribution is 6.60. The molecule has 26 heavy (non-hydrogen) atoms. The monoisotopic (exact) mass is 379 g/mol. The van der Waals surface area contributed by atoms with E-state index < -0.39 is 23.6 Å². The Morgan fingerprint density at radius 1 is 0.923 bits per heavy atom. The number of rotatable bonds is 2. The molecule has 1 aliphatic heterocycles. The van der Waals surface area contributed by atoms with E-state index in [9.17, 15) is 22.8 Å². The fourth-order valence-corrected chi connectivity index (χ4v) is 2.98. The second kappa shape index (κ2) is 6.29. The first-order chi connectivity index (χ1) is 12.1. The van der Waals surface area contributed by atoms with Crippen LogP contribution in [0.25, 0.3) is 5.57 Å². The zero-order valence-electron chi connectivity index (χ0n) is 13.8. The number of nitrogens with zero attached hydrogens (tertiary/aromatic N) is 1. The smallest absolute Gasteiger partial charge is 0.268 e. The van der Waals surface area contributed by atoms with Gasteiger partial charge in [-0.3, -0.25) is 9.59 Å². The van der Waals surface area contributed by atoms with Gasteiger partial charge in [0.05, 0.1) is 16.8 Å². The van der Waals surface area contributed by atoms with E-state index in [2.05, 4.69) is 0 Å². The lowest BCUT2D eigenvalue weighted by Gasteiger charge is -2.17. The molecule has 3 nitrogen and oxygen atoms in total. The number of hydrogen-bond donors (Lipinski definition) is 0. The van der Waals surface area contributed by atoms with Crippen LogP contribution in [0.5, 0.6) is 0 Å².